The minimum atomic E-state index is 0.612. The summed E-state index contributed by atoms with van der Waals surface area (Å²) in [5.41, 5.74) is 1.05. The van der Waals surface area contributed by atoms with Gasteiger partial charge in [0.25, 0.3) is 0 Å². The second-order valence-electron chi connectivity index (χ2n) is 4.35. The number of anilines is 1. The summed E-state index contributed by atoms with van der Waals surface area (Å²) in [5, 5.41) is 0. The molecule has 1 aromatic rings. The largest absolute Gasteiger partial charge is 0.356 e. The lowest BCUT2D eigenvalue weighted by Gasteiger charge is -2.32. The summed E-state index contributed by atoms with van der Waals surface area (Å²) in [6.07, 6.45) is 2.46. The first-order chi connectivity index (χ1) is 7.70. The van der Waals surface area contributed by atoms with Crippen LogP contribution in [-0.2, 0) is 0 Å². The molecular formula is C12H16BrClN2. The fraction of sp³-hybridized carbons (Fsp3) is 0.583. The Balaban J connectivity index is 2.13. The molecule has 1 unspecified atom stereocenters. The van der Waals surface area contributed by atoms with Gasteiger partial charge in [0.05, 0.1) is 5.69 Å². The second-order valence-corrected chi connectivity index (χ2v) is 5.51. The van der Waals surface area contributed by atoms with E-state index in [0.717, 1.165) is 35.0 Å². The highest BCUT2D eigenvalue weighted by molar-refractivity contribution is 9.10. The Morgan fingerprint density at radius 2 is 2.38 bits per heavy atom. The Bertz CT molecular complexity index is 370. The topological polar surface area (TPSA) is 16.1 Å². The highest BCUT2D eigenvalue weighted by atomic mass is 79.9. The molecule has 0 amide bonds. The molecule has 2 heterocycles. The molecular weight excluding hydrogens is 288 g/mol. The predicted molar refractivity (Wildman–Crippen MR) is 72.3 cm³/mol. The van der Waals surface area contributed by atoms with Crippen molar-refractivity contribution in [3.8, 4) is 0 Å². The van der Waals surface area contributed by atoms with E-state index in [9.17, 15) is 0 Å². The van der Waals surface area contributed by atoms with Gasteiger partial charge in [-0.25, -0.2) is 4.98 Å². The van der Waals surface area contributed by atoms with Gasteiger partial charge < -0.3 is 4.90 Å². The molecule has 2 nitrogen and oxygen atoms in total. The van der Waals surface area contributed by atoms with Crippen molar-refractivity contribution in [1.29, 1.82) is 0 Å². The number of piperidine rings is 1. The standard InChI is InChI=1S/C12H16BrClN2/c1-9-11(13)4-5-12(15-9)16-6-2-3-10(7-14)8-16/h4-5,10H,2-3,6-8H2,1H3. The number of hydrogen-bond acceptors (Lipinski definition) is 2. The predicted octanol–water partition coefficient (Wildman–Crippen LogP) is 3.61. The van der Waals surface area contributed by atoms with E-state index < -0.39 is 0 Å². The zero-order valence-electron chi connectivity index (χ0n) is 9.42. The third kappa shape index (κ3) is 2.69. The van der Waals surface area contributed by atoms with Crippen LogP contribution < -0.4 is 4.90 Å². The number of rotatable bonds is 2. The molecule has 88 valence electrons. The molecule has 1 aromatic heterocycles. The molecule has 0 saturated carbocycles. The van der Waals surface area contributed by atoms with Crippen LogP contribution >= 0.6 is 27.5 Å². The van der Waals surface area contributed by atoms with Crippen LogP contribution in [0, 0.1) is 12.8 Å². The molecule has 1 saturated heterocycles. The van der Waals surface area contributed by atoms with Gasteiger partial charge in [0, 0.05) is 23.4 Å². The first kappa shape index (κ1) is 12.2. The molecule has 16 heavy (non-hydrogen) atoms. The average molecular weight is 304 g/mol. The molecule has 0 radical (unpaired) electrons. The Morgan fingerprint density at radius 3 is 3.06 bits per heavy atom. The summed E-state index contributed by atoms with van der Waals surface area (Å²) in [5.74, 6) is 2.45. The second kappa shape index (κ2) is 5.37. The summed E-state index contributed by atoms with van der Waals surface area (Å²) in [7, 11) is 0. The SMILES string of the molecule is Cc1nc(N2CCCC(CCl)C2)ccc1Br. The van der Waals surface area contributed by atoms with Gasteiger partial charge in [-0.2, -0.15) is 0 Å². The molecule has 0 aromatic carbocycles. The number of aromatic nitrogens is 1. The highest BCUT2D eigenvalue weighted by Gasteiger charge is 2.20. The van der Waals surface area contributed by atoms with Gasteiger partial charge in [0.15, 0.2) is 0 Å². The van der Waals surface area contributed by atoms with Crippen molar-refractivity contribution >= 4 is 33.3 Å². The summed E-state index contributed by atoms with van der Waals surface area (Å²) in [4.78, 5) is 6.94. The zero-order chi connectivity index (χ0) is 11.5. The first-order valence-corrected chi connectivity index (χ1v) is 6.97. The van der Waals surface area contributed by atoms with Crippen LogP contribution in [0.15, 0.2) is 16.6 Å². The maximum atomic E-state index is 5.94. The summed E-state index contributed by atoms with van der Waals surface area (Å²) < 4.78 is 1.07. The third-order valence-electron chi connectivity index (χ3n) is 3.07. The number of aryl methyl sites for hydroxylation is 1. The van der Waals surface area contributed by atoms with E-state index in [2.05, 4.69) is 37.9 Å². The minimum absolute atomic E-state index is 0.612. The molecule has 0 aliphatic carbocycles. The Kier molecular flexibility index (Phi) is 4.09. The van der Waals surface area contributed by atoms with Gasteiger partial charge in [-0.3, -0.25) is 0 Å². The van der Waals surface area contributed by atoms with Crippen molar-refractivity contribution in [1.82, 2.24) is 4.98 Å². The van der Waals surface area contributed by atoms with Crippen molar-refractivity contribution < 1.29 is 0 Å². The number of nitrogens with zero attached hydrogens (tertiary/aromatic N) is 2. The molecule has 2 rings (SSSR count). The number of pyridine rings is 1. The highest BCUT2D eigenvalue weighted by Crippen LogP contribution is 2.24. The maximum Gasteiger partial charge on any atom is 0.128 e. The van der Waals surface area contributed by atoms with E-state index in [4.69, 9.17) is 11.6 Å². The van der Waals surface area contributed by atoms with Crippen molar-refractivity contribution in [2.75, 3.05) is 23.9 Å². The van der Waals surface area contributed by atoms with E-state index in [1.54, 1.807) is 0 Å². The molecule has 0 bridgehead atoms. The van der Waals surface area contributed by atoms with E-state index in [1.165, 1.54) is 12.8 Å². The van der Waals surface area contributed by atoms with E-state index in [0.29, 0.717) is 5.92 Å². The third-order valence-corrected chi connectivity index (χ3v) is 4.34. The quantitative estimate of drug-likeness (QED) is 0.776. The monoisotopic (exact) mass is 302 g/mol. The summed E-state index contributed by atoms with van der Waals surface area (Å²) in [6.45, 7) is 4.16. The molecule has 0 spiro atoms. The number of hydrogen-bond donors (Lipinski definition) is 0. The van der Waals surface area contributed by atoms with Gasteiger partial charge >= 0.3 is 0 Å². The van der Waals surface area contributed by atoms with E-state index in [1.807, 2.05) is 6.92 Å². The van der Waals surface area contributed by atoms with Crippen molar-refractivity contribution in [3.63, 3.8) is 0 Å². The van der Waals surface area contributed by atoms with Crippen molar-refractivity contribution in [3.05, 3.63) is 22.3 Å². The lowest BCUT2D eigenvalue weighted by Crippen LogP contribution is -2.36. The Morgan fingerprint density at radius 1 is 1.56 bits per heavy atom. The number of alkyl halides is 1. The van der Waals surface area contributed by atoms with Gasteiger partial charge in [-0.05, 0) is 53.7 Å². The van der Waals surface area contributed by atoms with Gasteiger partial charge in [0.1, 0.15) is 5.82 Å². The maximum absolute atomic E-state index is 5.94. The fourth-order valence-electron chi connectivity index (χ4n) is 2.11. The Hall–Kier alpha value is -0.280. The lowest BCUT2D eigenvalue weighted by atomic mass is 10.0. The molecule has 4 heteroatoms. The molecule has 0 N–H and O–H groups in total. The Labute approximate surface area is 110 Å². The minimum Gasteiger partial charge on any atom is -0.356 e. The van der Waals surface area contributed by atoms with E-state index >= 15 is 0 Å². The van der Waals surface area contributed by atoms with Crippen LogP contribution in [0.1, 0.15) is 18.5 Å². The molecule has 1 fully saturated rings. The number of halogens is 2. The van der Waals surface area contributed by atoms with Crippen LogP contribution in [0.3, 0.4) is 0 Å². The summed E-state index contributed by atoms with van der Waals surface area (Å²) >= 11 is 9.41. The molecule has 1 atom stereocenters. The molecule has 1 aliphatic heterocycles. The molecule has 1 aliphatic rings. The van der Waals surface area contributed by atoms with Crippen LogP contribution in [0.5, 0.6) is 0 Å². The van der Waals surface area contributed by atoms with Gasteiger partial charge in [-0.15, -0.1) is 11.6 Å². The summed E-state index contributed by atoms with van der Waals surface area (Å²) in [6, 6.07) is 4.15. The van der Waals surface area contributed by atoms with Crippen LogP contribution in [0.4, 0.5) is 5.82 Å². The van der Waals surface area contributed by atoms with Crippen LogP contribution in [0.2, 0.25) is 0 Å². The smallest absolute Gasteiger partial charge is 0.128 e. The fourth-order valence-corrected chi connectivity index (χ4v) is 2.58. The normalized spacial score (nSPS) is 21.2. The zero-order valence-corrected chi connectivity index (χ0v) is 11.8. The first-order valence-electron chi connectivity index (χ1n) is 5.64. The van der Waals surface area contributed by atoms with Gasteiger partial charge in [0.2, 0.25) is 0 Å². The van der Waals surface area contributed by atoms with Crippen molar-refractivity contribution in [2.24, 2.45) is 5.92 Å². The van der Waals surface area contributed by atoms with E-state index in [-0.39, 0.29) is 0 Å². The van der Waals surface area contributed by atoms with Gasteiger partial charge in [-0.1, -0.05) is 0 Å². The van der Waals surface area contributed by atoms with Crippen LogP contribution in [0.25, 0.3) is 0 Å². The lowest BCUT2D eigenvalue weighted by molar-refractivity contribution is 0.448. The van der Waals surface area contributed by atoms with Crippen molar-refractivity contribution in [2.45, 2.75) is 19.8 Å². The van der Waals surface area contributed by atoms with Crippen LogP contribution in [-0.4, -0.2) is 24.0 Å². The average Bonchev–Trinajstić information content (AvgIpc) is 2.33.